The van der Waals surface area contributed by atoms with Crippen LogP contribution in [0.1, 0.15) is 27.6 Å². The van der Waals surface area contributed by atoms with Crippen molar-refractivity contribution < 1.29 is 9.53 Å². The molecular formula is C20H24N6O2. The van der Waals surface area contributed by atoms with Crippen molar-refractivity contribution in [2.24, 2.45) is 0 Å². The van der Waals surface area contributed by atoms with Gasteiger partial charge in [0, 0.05) is 30.4 Å². The molecule has 1 amide bonds. The molecule has 2 N–H and O–H groups in total. The molecule has 8 heteroatoms. The SMILES string of the molecule is COc1ccc(C(=O)NCCNc2cc(-n3nc(C)cc3C)nc(C)n2)cc1. The lowest BCUT2D eigenvalue weighted by atomic mass is 10.2. The molecule has 0 saturated heterocycles. The lowest BCUT2D eigenvalue weighted by molar-refractivity contribution is 0.0955. The van der Waals surface area contributed by atoms with Crippen LogP contribution in [0.5, 0.6) is 5.75 Å². The molecule has 28 heavy (non-hydrogen) atoms. The highest BCUT2D eigenvalue weighted by Crippen LogP contribution is 2.14. The van der Waals surface area contributed by atoms with Crippen LogP contribution >= 0.6 is 0 Å². The normalized spacial score (nSPS) is 10.6. The summed E-state index contributed by atoms with van der Waals surface area (Å²) in [5, 5.41) is 10.6. The van der Waals surface area contributed by atoms with E-state index in [1.807, 2.05) is 32.9 Å². The maximum absolute atomic E-state index is 12.2. The fourth-order valence-corrected chi connectivity index (χ4v) is 2.82. The molecule has 0 radical (unpaired) electrons. The van der Waals surface area contributed by atoms with Crippen LogP contribution in [0, 0.1) is 20.8 Å². The number of carbonyl (C=O) groups is 1. The van der Waals surface area contributed by atoms with E-state index in [-0.39, 0.29) is 5.91 Å². The van der Waals surface area contributed by atoms with Crippen molar-refractivity contribution >= 4 is 11.7 Å². The van der Waals surface area contributed by atoms with E-state index in [1.165, 1.54) is 0 Å². The van der Waals surface area contributed by atoms with Gasteiger partial charge in [-0.2, -0.15) is 5.10 Å². The summed E-state index contributed by atoms with van der Waals surface area (Å²) in [7, 11) is 1.59. The number of aromatic nitrogens is 4. The second kappa shape index (κ2) is 8.51. The van der Waals surface area contributed by atoms with E-state index < -0.39 is 0 Å². The van der Waals surface area contributed by atoms with Gasteiger partial charge in [0.25, 0.3) is 5.91 Å². The Hall–Kier alpha value is -3.42. The maximum Gasteiger partial charge on any atom is 0.251 e. The highest BCUT2D eigenvalue weighted by atomic mass is 16.5. The van der Waals surface area contributed by atoms with Crippen LogP contribution in [-0.4, -0.2) is 45.9 Å². The number of rotatable bonds is 7. The number of hydrogen-bond acceptors (Lipinski definition) is 6. The van der Waals surface area contributed by atoms with Crippen molar-refractivity contribution in [3.63, 3.8) is 0 Å². The van der Waals surface area contributed by atoms with E-state index in [4.69, 9.17) is 4.74 Å². The van der Waals surface area contributed by atoms with E-state index in [0.29, 0.717) is 36.1 Å². The Morgan fingerprint density at radius 3 is 2.46 bits per heavy atom. The number of carbonyl (C=O) groups excluding carboxylic acids is 1. The third-order valence-electron chi connectivity index (χ3n) is 4.12. The molecule has 2 aromatic heterocycles. The van der Waals surface area contributed by atoms with Gasteiger partial charge in [-0.3, -0.25) is 4.79 Å². The zero-order valence-corrected chi connectivity index (χ0v) is 16.5. The second-order valence-electron chi connectivity index (χ2n) is 6.41. The van der Waals surface area contributed by atoms with Gasteiger partial charge in [0.2, 0.25) is 0 Å². The van der Waals surface area contributed by atoms with E-state index >= 15 is 0 Å². The van der Waals surface area contributed by atoms with E-state index in [1.54, 1.807) is 36.1 Å². The Labute approximate surface area is 164 Å². The maximum atomic E-state index is 12.2. The summed E-state index contributed by atoms with van der Waals surface area (Å²) in [5.41, 5.74) is 2.53. The molecule has 0 aliphatic rings. The minimum atomic E-state index is -0.133. The molecule has 146 valence electrons. The first kappa shape index (κ1) is 19.3. The zero-order valence-electron chi connectivity index (χ0n) is 16.5. The molecule has 8 nitrogen and oxygen atoms in total. The third-order valence-corrected chi connectivity index (χ3v) is 4.12. The van der Waals surface area contributed by atoms with Crippen LogP contribution in [-0.2, 0) is 0 Å². The summed E-state index contributed by atoms with van der Waals surface area (Å²) in [6.07, 6.45) is 0. The predicted octanol–water partition coefficient (Wildman–Crippen LogP) is 2.44. The Morgan fingerprint density at radius 1 is 1.07 bits per heavy atom. The van der Waals surface area contributed by atoms with Gasteiger partial charge in [0.1, 0.15) is 17.4 Å². The molecule has 3 rings (SSSR count). The predicted molar refractivity (Wildman–Crippen MR) is 107 cm³/mol. The lowest BCUT2D eigenvalue weighted by Gasteiger charge is -2.10. The number of aryl methyl sites for hydroxylation is 3. The molecule has 1 aromatic carbocycles. The summed E-state index contributed by atoms with van der Waals surface area (Å²) >= 11 is 0. The topological polar surface area (TPSA) is 94.0 Å². The number of benzene rings is 1. The number of ether oxygens (including phenoxy) is 1. The van der Waals surface area contributed by atoms with Gasteiger partial charge in [-0.15, -0.1) is 0 Å². The summed E-state index contributed by atoms with van der Waals surface area (Å²) in [6, 6.07) is 10.8. The number of anilines is 1. The Bertz CT molecular complexity index is 965. The van der Waals surface area contributed by atoms with Crippen molar-refractivity contribution in [1.29, 1.82) is 0 Å². The zero-order chi connectivity index (χ0) is 20.1. The van der Waals surface area contributed by atoms with Gasteiger partial charge in [0.05, 0.1) is 12.8 Å². The Balaban J connectivity index is 1.57. The highest BCUT2D eigenvalue weighted by Gasteiger charge is 2.09. The summed E-state index contributed by atoms with van der Waals surface area (Å²) in [6.45, 7) is 6.77. The van der Waals surface area contributed by atoms with Crippen LogP contribution in [0.4, 0.5) is 5.82 Å². The standard InChI is InChI=1S/C20H24N6O2/c1-13-11-14(2)26(25-13)19-12-18(23-15(3)24-19)21-9-10-22-20(27)16-5-7-17(28-4)8-6-16/h5-8,11-12H,9-10H2,1-4H3,(H,22,27)(H,21,23,24). The molecule has 3 aromatic rings. The van der Waals surface area contributed by atoms with Crippen molar-refractivity contribution in [1.82, 2.24) is 25.1 Å². The van der Waals surface area contributed by atoms with Crippen molar-refractivity contribution in [3.8, 4) is 11.6 Å². The van der Waals surface area contributed by atoms with Crippen LogP contribution in [0.15, 0.2) is 36.4 Å². The summed E-state index contributed by atoms with van der Waals surface area (Å²) in [4.78, 5) is 21.0. The van der Waals surface area contributed by atoms with Gasteiger partial charge in [-0.25, -0.2) is 14.6 Å². The first-order chi connectivity index (χ1) is 13.5. The number of nitrogens with one attached hydrogen (secondary N) is 2. The molecule has 0 aliphatic carbocycles. The number of methoxy groups -OCH3 is 1. The average molecular weight is 380 g/mol. The number of nitrogens with zero attached hydrogens (tertiary/aromatic N) is 4. The minimum absolute atomic E-state index is 0.133. The first-order valence-electron chi connectivity index (χ1n) is 9.01. The van der Waals surface area contributed by atoms with E-state index in [2.05, 4.69) is 25.7 Å². The van der Waals surface area contributed by atoms with Crippen LogP contribution in [0.2, 0.25) is 0 Å². The smallest absolute Gasteiger partial charge is 0.251 e. The first-order valence-corrected chi connectivity index (χ1v) is 9.01. The molecular weight excluding hydrogens is 356 g/mol. The lowest BCUT2D eigenvalue weighted by Crippen LogP contribution is -2.29. The Morgan fingerprint density at radius 2 is 1.82 bits per heavy atom. The quantitative estimate of drug-likeness (QED) is 0.612. The largest absolute Gasteiger partial charge is 0.497 e. The van der Waals surface area contributed by atoms with Gasteiger partial charge >= 0.3 is 0 Å². The molecule has 2 heterocycles. The molecule has 0 fully saturated rings. The fraction of sp³-hybridized carbons (Fsp3) is 0.300. The van der Waals surface area contributed by atoms with Crippen LogP contribution in [0.3, 0.4) is 0 Å². The molecule has 0 unspecified atom stereocenters. The van der Waals surface area contributed by atoms with Crippen LogP contribution < -0.4 is 15.4 Å². The summed E-state index contributed by atoms with van der Waals surface area (Å²) < 4.78 is 6.89. The molecule has 0 saturated carbocycles. The van der Waals surface area contributed by atoms with Gasteiger partial charge in [0.15, 0.2) is 5.82 Å². The monoisotopic (exact) mass is 380 g/mol. The second-order valence-corrected chi connectivity index (χ2v) is 6.41. The molecule has 0 aliphatic heterocycles. The molecule has 0 bridgehead atoms. The molecule has 0 atom stereocenters. The highest BCUT2D eigenvalue weighted by molar-refractivity contribution is 5.94. The van der Waals surface area contributed by atoms with E-state index in [9.17, 15) is 4.79 Å². The minimum Gasteiger partial charge on any atom is -0.497 e. The van der Waals surface area contributed by atoms with Gasteiger partial charge in [-0.05, 0) is 51.1 Å². The van der Waals surface area contributed by atoms with Crippen molar-refractivity contribution in [2.75, 3.05) is 25.5 Å². The van der Waals surface area contributed by atoms with Crippen molar-refractivity contribution in [3.05, 3.63) is 59.2 Å². The Kier molecular flexibility index (Phi) is 5.88. The third kappa shape index (κ3) is 4.64. The average Bonchev–Trinajstić information content (AvgIpc) is 3.03. The number of hydrogen-bond donors (Lipinski definition) is 2. The summed E-state index contributed by atoms with van der Waals surface area (Å²) in [5.74, 6) is 2.63. The fourth-order valence-electron chi connectivity index (χ4n) is 2.82. The van der Waals surface area contributed by atoms with Crippen molar-refractivity contribution in [2.45, 2.75) is 20.8 Å². The molecule has 0 spiro atoms. The van der Waals surface area contributed by atoms with E-state index in [0.717, 1.165) is 17.1 Å². The van der Waals surface area contributed by atoms with Gasteiger partial charge < -0.3 is 15.4 Å². The van der Waals surface area contributed by atoms with Gasteiger partial charge in [-0.1, -0.05) is 0 Å². The van der Waals surface area contributed by atoms with Crippen LogP contribution in [0.25, 0.3) is 5.82 Å². The number of amides is 1.